The highest BCUT2D eigenvalue weighted by molar-refractivity contribution is 5.92. The molecule has 110 valence electrons. The van der Waals surface area contributed by atoms with Crippen molar-refractivity contribution in [3.8, 4) is 5.75 Å². The molecule has 0 heterocycles. The fourth-order valence-electron chi connectivity index (χ4n) is 2.02. The molecule has 0 atom stereocenters. The molecule has 0 aliphatic heterocycles. The van der Waals surface area contributed by atoms with Crippen LogP contribution in [0.15, 0.2) is 42.5 Å². The molecule has 0 unspecified atom stereocenters. The SMILES string of the molecule is Cc1ccc(OCC(=O)Nc2ccccc2C)c(CO)c1. The van der Waals surface area contributed by atoms with Gasteiger partial charge in [0.25, 0.3) is 5.91 Å². The van der Waals surface area contributed by atoms with E-state index in [0.717, 1.165) is 16.8 Å². The normalized spacial score (nSPS) is 10.2. The molecule has 0 aromatic heterocycles. The quantitative estimate of drug-likeness (QED) is 0.888. The maximum absolute atomic E-state index is 11.9. The Morgan fingerprint density at radius 1 is 1.19 bits per heavy atom. The van der Waals surface area contributed by atoms with Crippen LogP contribution in [0.2, 0.25) is 0 Å². The number of ether oxygens (including phenoxy) is 1. The van der Waals surface area contributed by atoms with Crippen LogP contribution in [0.5, 0.6) is 5.75 Å². The Kier molecular flexibility index (Phi) is 4.95. The van der Waals surface area contributed by atoms with E-state index in [9.17, 15) is 9.90 Å². The second-order valence-electron chi connectivity index (χ2n) is 4.92. The van der Waals surface area contributed by atoms with Gasteiger partial charge < -0.3 is 15.2 Å². The molecule has 0 aliphatic rings. The molecule has 2 aromatic rings. The molecule has 2 N–H and O–H groups in total. The van der Waals surface area contributed by atoms with Crippen LogP contribution in [0, 0.1) is 13.8 Å². The molecule has 2 aromatic carbocycles. The Morgan fingerprint density at radius 3 is 2.67 bits per heavy atom. The van der Waals surface area contributed by atoms with Crippen LogP contribution in [0.4, 0.5) is 5.69 Å². The summed E-state index contributed by atoms with van der Waals surface area (Å²) in [5, 5.41) is 12.1. The highest BCUT2D eigenvalue weighted by Gasteiger charge is 2.08. The number of nitrogens with one attached hydrogen (secondary N) is 1. The molecular weight excluding hydrogens is 266 g/mol. The van der Waals surface area contributed by atoms with E-state index >= 15 is 0 Å². The van der Waals surface area contributed by atoms with Crippen molar-refractivity contribution in [3.05, 3.63) is 59.2 Å². The molecule has 21 heavy (non-hydrogen) atoms. The number of carbonyl (C=O) groups excluding carboxylic acids is 1. The Balaban J connectivity index is 1.97. The van der Waals surface area contributed by atoms with Crippen molar-refractivity contribution in [2.24, 2.45) is 0 Å². The number of hydrogen-bond donors (Lipinski definition) is 2. The molecule has 1 amide bonds. The minimum atomic E-state index is -0.228. The number of aryl methyl sites for hydroxylation is 2. The van der Waals surface area contributed by atoms with Crippen molar-refractivity contribution in [1.29, 1.82) is 0 Å². The topological polar surface area (TPSA) is 58.6 Å². The fraction of sp³-hybridized carbons (Fsp3) is 0.235. The first-order valence-corrected chi connectivity index (χ1v) is 6.79. The van der Waals surface area contributed by atoms with Gasteiger partial charge in [0.15, 0.2) is 6.61 Å². The van der Waals surface area contributed by atoms with Crippen LogP contribution in [-0.4, -0.2) is 17.6 Å². The number of amides is 1. The van der Waals surface area contributed by atoms with Crippen LogP contribution in [0.3, 0.4) is 0 Å². The summed E-state index contributed by atoms with van der Waals surface area (Å²) in [7, 11) is 0. The molecule has 0 spiro atoms. The third-order valence-electron chi connectivity index (χ3n) is 3.16. The lowest BCUT2D eigenvalue weighted by molar-refractivity contribution is -0.118. The number of hydrogen-bond acceptors (Lipinski definition) is 3. The van der Waals surface area contributed by atoms with Gasteiger partial charge in [0, 0.05) is 11.3 Å². The molecule has 4 heteroatoms. The number of para-hydroxylation sites is 1. The summed E-state index contributed by atoms with van der Waals surface area (Å²) in [6.45, 7) is 3.66. The van der Waals surface area contributed by atoms with Crippen LogP contribution in [0.1, 0.15) is 16.7 Å². The average Bonchev–Trinajstić information content (AvgIpc) is 2.48. The van der Waals surface area contributed by atoms with Crippen molar-refractivity contribution in [2.75, 3.05) is 11.9 Å². The Hall–Kier alpha value is -2.33. The Morgan fingerprint density at radius 2 is 1.95 bits per heavy atom. The molecule has 2 rings (SSSR count). The van der Waals surface area contributed by atoms with Gasteiger partial charge in [-0.25, -0.2) is 0 Å². The summed E-state index contributed by atoms with van der Waals surface area (Å²) in [6.07, 6.45) is 0. The van der Waals surface area contributed by atoms with Gasteiger partial charge in [-0.3, -0.25) is 4.79 Å². The number of anilines is 1. The molecular formula is C17H19NO3. The van der Waals surface area contributed by atoms with Crippen LogP contribution >= 0.6 is 0 Å². The Bertz CT molecular complexity index is 638. The Labute approximate surface area is 124 Å². The highest BCUT2D eigenvalue weighted by atomic mass is 16.5. The van der Waals surface area contributed by atoms with Crippen molar-refractivity contribution >= 4 is 11.6 Å². The summed E-state index contributed by atoms with van der Waals surface area (Å²) < 4.78 is 5.48. The van der Waals surface area contributed by atoms with E-state index in [4.69, 9.17) is 4.74 Å². The van der Waals surface area contributed by atoms with E-state index in [0.29, 0.717) is 11.3 Å². The standard InChI is InChI=1S/C17H19NO3/c1-12-7-8-16(14(9-12)10-19)21-11-17(20)18-15-6-4-3-5-13(15)2/h3-9,19H,10-11H2,1-2H3,(H,18,20). The largest absolute Gasteiger partial charge is 0.483 e. The van der Waals surface area contributed by atoms with Crippen LogP contribution < -0.4 is 10.1 Å². The van der Waals surface area contributed by atoms with Crippen molar-refractivity contribution in [2.45, 2.75) is 20.5 Å². The van der Waals surface area contributed by atoms with Crippen molar-refractivity contribution < 1.29 is 14.6 Å². The number of aliphatic hydroxyl groups is 1. The molecule has 0 bridgehead atoms. The second-order valence-corrected chi connectivity index (χ2v) is 4.92. The maximum Gasteiger partial charge on any atom is 0.262 e. The lowest BCUT2D eigenvalue weighted by Crippen LogP contribution is -2.21. The minimum absolute atomic E-state index is 0.0929. The lowest BCUT2D eigenvalue weighted by Gasteiger charge is -2.12. The smallest absolute Gasteiger partial charge is 0.262 e. The predicted octanol–water partition coefficient (Wildman–Crippen LogP) is 2.81. The molecule has 0 saturated carbocycles. The minimum Gasteiger partial charge on any atom is -0.483 e. The predicted molar refractivity (Wildman–Crippen MR) is 82.4 cm³/mol. The van der Waals surface area contributed by atoms with E-state index in [1.807, 2.05) is 50.2 Å². The summed E-state index contributed by atoms with van der Waals surface area (Å²) >= 11 is 0. The van der Waals surface area contributed by atoms with E-state index < -0.39 is 0 Å². The third-order valence-corrected chi connectivity index (χ3v) is 3.16. The zero-order valence-corrected chi connectivity index (χ0v) is 12.2. The molecule has 0 radical (unpaired) electrons. The van der Waals surface area contributed by atoms with E-state index in [1.54, 1.807) is 6.07 Å². The van der Waals surface area contributed by atoms with Crippen molar-refractivity contribution in [1.82, 2.24) is 0 Å². The van der Waals surface area contributed by atoms with Crippen LogP contribution in [0.25, 0.3) is 0 Å². The number of benzene rings is 2. The van der Waals surface area contributed by atoms with Gasteiger partial charge in [-0.2, -0.15) is 0 Å². The van der Waals surface area contributed by atoms with Gasteiger partial charge in [-0.1, -0.05) is 35.9 Å². The molecule has 0 aliphatic carbocycles. The van der Waals surface area contributed by atoms with Gasteiger partial charge in [0.2, 0.25) is 0 Å². The highest BCUT2D eigenvalue weighted by Crippen LogP contribution is 2.20. The lowest BCUT2D eigenvalue weighted by atomic mass is 10.1. The summed E-state index contributed by atoms with van der Waals surface area (Å²) in [5.74, 6) is 0.303. The van der Waals surface area contributed by atoms with Gasteiger partial charge in [0.05, 0.1) is 6.61 Å². The second kappa shape index (κ2) is 6.90. The fourth-order valence-corrected chi connectivity index (χ4v) is 2.02. The summed E-state index contributed by atoms with van der Waals surface area (Å²) in [5.41, 5.74) is 3.49. The van der Waals surface area contributed by atoms with Gasteiger partial charge >= 0.3 is 0 Å². The molecule has 4 nitrogen and oxygen atoms in total. The molecule has 0 saturated heterocycles. The zero-order chi connectivity index (χ0) is 15.2. The monoisotopic (exact) mass is 285 g/mol. The summed E-state index contributed by atoms with van der Waals surface area (Å²) in [6, 6.07) is 13.1. The van der Waals surface area contributed by atoms with Crippen LogP contribution in [-0.2, 0) is 11.4 Å². The average molecular weight is 285 g/mol. The maximum atomic E-state index is 11.9. The first-order chi connectivity index (χ1) is 10.1. The summed E-state index contributed by atoms with van der Waals surface area (Å²) in [4.78, 5) is 11.9. The van der Waals surface area contributed by atoms with Gasteiger partial charge in [0.1, 0.15) is 5.75 Å². The first kappa shape index (κ1) is 15.1. The van der Waals surface area contributed by atoms with E-state index in [2.05, 4.69) is 5.32 Å². The third kappa shape index (κ3) is 4.07. The van der Waals surface area contributed by atoms with Gasteiger partial charge in [-0.15, -0.1) is 0 Å². The molecule has 0 fully saturated rings. The van der Waals surface area contributed by atoms with E-state index in [1.165, 1.54) is 0 Å². The zero-order valence-electron chi connectivity index (χ0n) is 12.2. The number of rotatable bonds is 5. The number of aliphatic hydroxyl groups excluding tert-OH is 1. The number of carbonyl (C=O) groups is 1. The van der Waals surface area contributed by atoms with Gasteiger partial charge in [-0.05, 0) is 31.5 Å². The first-order valence-electron chi connectivity index (χ1n) is 6.79. The van der Waals surface area contributed by atoms with E-state index in [-0.39, 0.29) is 19.1 Å². The van der Waals surface area contributed by atoms with Crippen molar-refractivity contribution in [3.63, 3.8) is 0 Å².